The molecule has 7 heteroatoms. The van der Waals surface area contributed by atoms with Crippen LogP contribution in [0.15, 0.2) is 4.47 Å². The molecule has 1 aromatic heterocycles. The number of carbonyl (C=O) groups excluding carboxylic acids is 1. The van der Waals surface area contributed by atoms with Crippen LogP contribution in [-0.4, -0.2) is 43.2 Å². The fourth-order valence-corrected chi connectivity index (χ4v) is 3.02. The Labute approximate surface area is 126 Å². The van der Waals surface area contributed by atoms with Crippen molar-refractivity contribution in [3.05, 3.63) is 27.3 Å². The van der Waals surface area contributed by atoms with Crippen molar-refractivity contribution in [3.63, 3.8) is 0 Å². The second-order valence-corrected chi connectivity index (χ2v) is 5.54. The molecule has 1 aliphatic rings. The van der Waals surface area contributed by atoms with E-state index in [1.54, 1.807) is 14.0 Å². The summed E-state index contributed by atoms with van der Waals surface area (Å²) in [5.41, 5.74) is 1.52. The first-order chi connectivity index (χ1) is 9.58. The molecule has 1 fully saturated rings. The third-order valence-corrected chi connectivity index (χ3v) is 4.25. The summed E-state index contributed by atoms with van der Waals surface area (Å²) in [4.78, 5) is 18.7. The number of halogens is 1. The number of piperidine rings is 1. The smallest absolute Gasteiger partial charge is 0.267 e. The maximum absolute atomic E-state index is 12.3. The van der Waals surface area contributed by atoms with Crippen LogP contribution in [0.5, 0.6) is 0 Å². The van der Waals surface area contributed by atoms with Gasteiger partial charge in [-0.2, -0.15) is 0 Å². The molecule has 1 aromatic rings. The molecule has 3 N–H and O–H groups in total. The van der Waals surface area contributed by atoms with E-state index < -0.39 is 0 Å². The van der Waals surface area contributed by atoms with Gasteiger partial charge in [0, 0.05) is 19.3 Å². The third kappa shape index (κ3) is 2.87. The summed E-state index contributed by atoms with van der Waals surface area (Å²) < 4.78 is 5.89. The number of hydrogen-bond acceptors (Lipinski definition) is 3. The summed E-state index contributed by atoms with van der Waals surface area (Å²) in [6.45, 7) is 10.5. The van der Waals surface area contributed by atoms with Gasteiger partial charge in [0.1, 0.15) is 5.69 Å². The highest BCUT2D eigenvalue weighted by Crippen LogP contribution is 2.32. The molecule has 0 spiro atoms. The van der Waals surface area contributed by atoms with Gasteiger partial charge in [0.2, 0.25) is 5.69 Å². The van der Waals surface area contributed by atoms with E-state index in [4.69, 9.17) is 11.3 Å². The molecule has 0 saturated carbocycles. The quantitative estimate of drug-likeness (QED) is 0.734. The van der Waals surface area contributed by atoms with Crippen LogP contribution in [0.4, 0.5) is 5.69 Å². The Balaban J connectivity index is 2.14. The highest BCUT2D eigenvalue weighted by atomic mass is 79.9. The summed E-state index contributed by atoms with van der Waals surface area (Å²) in [7, 11) is 1.64. The van der Waals surface area contributed by atoms with Crippen molar-refractivity contribution >= 4 is 27.5 Å². The maximum Gasteiger partial charge on any atom is 0.267 e. The van der Waals surface area contributed by atoms with Crippen LogP contribution in [0, 0.1) is 13.5 Å². The van der Waals surface area contributed by atoms with Crippen molar-refractivity contribution < 1.29 is 9.53 Å². The highest BCUT2D eigenvalue weighted by molar-refractivity contribution is 9.10. The van der Waals surface area contributed by atoms with E-state index in [0.717, 1.165) is 19.5 Å². The molecule has 108 valence electrons. The number of rotatable bonds is 3. The van der Waals surface area contributed by atoms with Gasteiger partial charge >= 0.3 is 0 Å². The van der Waals surface area contributed by atoms with Gasteiger partial charge in [0.05, 0.1) is 23.2 Å². The van der Waals surface area contributed by atoms with Gasteiger partial charge in [-0.15, -0.1) is 0 Å². The van der Waals surface area contributed by atoms with Gasteiger partial charge in [-0.25, -0.2) is 4.85 Å². The number of nitrogens with one attached hydrogen (secondary N) is 3. The Bertz CT molecular complexity index is 549. The lowest BCUT2D eigenvalue weighted by atomic mass is 10.0. The molecule has 20 heavy (non-hydrogen) atoms. The van der Waals surface area contributed by atoms with E-state index >= 15 is 0 Å². The van der Waals surface area contributed by atoms with Gasteiger partial charge in [0.25, 0.3) is 5.91 Å². The van der Waals surface area contributed by atoms with E-state index in [2.05, 4.69) is 36.4 Å². The van der Waals surface area contributed by atoms with Crippen LogP contribution in [0.1, 0.15) is 22.6 Å². The van der Waals surface area contributed by atoms with E-state index in [0.29, 0.717) is 21.5 Å². The van der Waals surface area contributed by atoms with E-state index in [9.17, 15) is 4.79 Å². The predicted octanol–water partition coefficient (Wildman–Crippen LogP) is 1.74. The Morgan fingerprint density at radius 2 is 2.35 bits per heavy atom. The van der Waals surface area contributed by atoms with Crippen molar-refractivity contribution in [2.75, 3.05) is 20.2 Å². The minimum atomic E-state index is -0.219. The molecule has 2 heterocycles. The summed E-state index contributed by atoms with van der Waals surface area (Å²) in [6, 6.07) is -0.0272. The number of carbonyl (C=O) groups is 1. The molecule has 0 bridgehead atoms. The molecule has 1 saturated heterocycles. The van der Waals surface area contributed by atoms with E-state index in [-0.39, 0.29) is 18.1 Å². The number of nitrogens with zero attached hydrogens (tertiary/aromatic N) is 1. The fourth-order valence-electron chi connectivity index (χ4n) is 2.36. The average Bonchev–Trinajstić information content (AvgIpc) is 2.74. The minimum absolute atomic E-state index is 0.0272. The second-order valence-electron chi connectivity index (χ2n) is 4.75. The normalized spacial score (nSPS) is 22.3. The van der Waals surface area contributed by atoms with E-state index in [1.807, 2.05) is 0 Å². The summed E-state index contributed by atoms with van der Waals surface area (Å²) in [5, 5.41) is 6.20. The topological polar surface area (TPSA) is 70.5 Å². The molecule has 0 aliphatic carbocycles. The molecule has 1 aliphatic heterocycles. The van der Waals surface area contributed by atoms with Crippen LogP contribution in [0.2, 0.25) is 0 Å². The van der Waals surface area contributed by atoms with Gasteiger partial charge in [-0.1, -0.05) is 15.9 Å². The number of aryl methyl sites for hydroxylation is 1. The molecular formula is C13H17BrN4O2. The molecular weight excluding hydrogens is 324 g/mol. The predicted molar refractivity (Wildman–Crippen MR) is 79.0 cm³/mol. The van der Waals surface area contributed by atoms with Gasteiger partial charge < -0.3 is 20.4 Å². The number of H-pyrrole nitrogens is 1. The number of hydrogen-bond donors (Lipinski definition) is 3. The standard InChI is InChI=1S/C13H17BrN4O2/c1-7-11(15-2)10(14)12(17-7)13(19)18-8-4-5-16-6-9(8)20-3/h8-9,16-17H,4-6H2,1,3H3,(H,18,19)/t8-,9+/m1/s1. The summed E-state index contributed by atoms with van der Waals surface area (Å²) >= 11 is 3.31. The van der Waals surface area contributed by atoms with Crippen LogP contribution < -0.4 is 10.6 Å². The molecule has 0 unspecified atom stereocenters. The Morgan fingerprint density at radius 3 is 2.95 bits per heavy atom. The third-order valence-electron chi connectivity index (χ3n) is 3.48. The van der Waals surface area contributed by atoms with Crippen LogP contribution in [0.3, 0.4) is 0 Å². The molecule has 2 atom stereocenters. The maximum atomic E-state index is 12.3. The van der Waals surface area contributed by atoms with Gasteiger partial charge in [-0.3, -0.25) is 4.79 Å². The zero-order valence-corrected chi connectivity index (χ0v) is 13.0. The Kier molecular flexibility index (Phi) is 4.81. The monoisotopic (exact) mass is 340 g/mol. The van der Waals surface area contributed by atoms with Crippen molar-refractivity contribution in [1.29, 1.82) is 0 Å². The molecule has 0 radical (unpaired) electrons. The first-order valence-electron chi connectivity index (χ1n) is 6.38. The molecule has 2 rings (SSSR count). The molecule has 0 aromatic carbocycles. The largest absolute Gasteiger partial charge is 0.378 e. The summed E-state index contributed by atoms with van der Waals surface area (Å²) in [5.74, 6) is -0.219. The number of ether oxygens (including phenoxy) is 1. The molecule has 6 nitrogen and oxygen atoms in total. The zero-order valence-electron chi connectivity index (χ0n) is 11.4. The first kappa shape index (κ1) is 15.0. The van der Waals surface area contributed by atoms with Gasteiger partial charge in [-0.05, 0) is 19.9 Å². The zero-order chi connectivity index (χ0) is 14.7. The second kappa shape index (κ2) is 6.39. The average molecular weight is 341 g/mol. The van der Waals surface area contributed by atoms with E-state index in [1.165, 1.54) is 0 Å². The lowest BCUT2D eigenvalue weighted by molar-refractivity contribution is 0.0475. The Morgan fingerprint density at radius 1 is 1.60 bits per heavy atom. The van der Waals surface area contributed by atoms with Crippen LogP contribution in [0.25, 0.3) is 4.85 Å². The number of aromatic nitrogens is 1. The minimum Gasteiger partial charge on any atom is -0.378 e. The van der Waals surface area contributed by atoms with Crippen molar-refractivity contribution in [1.82, 2.24) is 15.6 Å². The highest BCUT2D eigenvalue weighted by Gasteiger charge is 2.28. The van der Waals surface area contributed by atoms with Crippen LogP contribution >= 0.6 is 15.9 Å². The lowest BCUT2D eigenvalue weighted by Crippen LogP contribution is -2.53. The first-order valence-corrected chi connectivity index (χ1v) is 7.17. The van der Waals surface area contributed by atoms with Crippen LogP contribution in [-0.2, 0) is 4.74 Å². The Hall–Kier alpha value is -1.36. The fraction of sp³-hybridized carbons (Fsp3) is 0.538. The van der Waals surface area contributed by atoms with Crippen molar-refractivity contribution in [3.8, 4) is 0 Å². The van der Waals surface area contributed by atoms with Crippen molar-refractivity contribution in [2.45, 2.75) is 25.5 Å². The summed E-state index contributed by atoms with van der Waals surface area (Å²) in [6.07, 6.45) is 0.778. The lowest BCUT2D eigenvalue weighted by Gasteiger charge is -2.31. The van der Waals surface area contributed by atoms with Gasteiger partial charge in [0.15, 0.2) is 0 Å². The van der Waals surface area contributed by atoms with Crippen molar-refractivity contribution in [2.24, 2.45) is 0 Å². The number of amides is 1. The molecule has 1 amide bonds. The number of aromatic amines is 1. The number of methoxy groups -OCH3 is 1. The SMILES string of the molecule is [C-]#[N+]c1c(C)[nH]c(C(=O)N[C@@H]2CCNC[C@@H]2OC)c1Br.